The van der Waals surface area contributed by atoms with Gasteiger partial charge in [0, 0.05) is 6.04 Å². The largest absolute Gasteiger partial charge is 0.490 e. The number of benzene rings is 1. The molecule has 1 aromatic rings. The molecule has 96 valence electrons. The van der Waals surface area contributed by atoms with E-state index in [1.807, 2.05) is 6.07 Å². The summed E-state index contributed by atoms with van der Waals surface area (Å²) in [5.74, 6) is 1.00. The normalized spacial score (nSPS) is 12.8. The summed E-state index contributed by atoms with van der Waals surface area (Å²) in [6.45, 7) is 6.44. The first-order chi connectivity index (χ1) is 8.21. The Morgan fingerprint density at radius 1 is 1.06 bits per heavy atom. The van der Waals surface area contributed by atoms with Gasteiger partial charge in [-0.2, -0.15) is 0 Å². The zero-order valence-corrected chi connectivity index (χ0v) is 11.3. The van der Waals surface area contributed by atoms with E-state index in [0.29, 0.717) is 6.10 Å². The first kappa shape index (κ1) is 14.0. The standard InChI is InChI=1S/C15H25NO/c1-4-13(16)11-12-9-7-8-10-15(12)17-14(5-2)6-3/h7-10,13-14H,4-6,11,16H2,1-3H3. The van der Waals surface area contributed by atoms with Crippen molar-refractivity contribution >= 4 is 0 Å². The molecule has 0 aliphatic heterocycles. The van der Waals surface area contributed by atoms with Gasteiger partial charge in [0.1, 0.15) is 5.75 Å². The molecular formula is C15H25NO. The maximum atomic E-state index is 6.03. The summed E-state index contributed by atoms with van der Waals surface area (Å²) < 4.78 is 6.03. The Labute approximate surface area is 105 Å². The molecule has 0 heterocycles. The van der Waals surface area contributed by atoms with Crippen molar-refractivity contribution in [2.24, 2.45) is 5.73 Å². The smallest absolute Gasteiger partial charge is 0.122 e. The van der Waals surface area contributed by atoms with Gasteiger partial charge in [0.25, 0.3) is 0 Å². The predicted octanol–water partition coefficient (Wildman–Crippen LogP) is 3.53. The Morgan fingerprint density at radius 3 is 2.29 bits per heavy atom. The highest BCUT2D eigenvalue weighted by atomic mass is 16.5. The first-order valence-corrected chi connectivity index (χ1v) is 6.71. The summed E-state index contributed by atoms with van der Waals surface area (Å²) in [6.07, 6.45) is 4.30. The van der Waals surface area contributed by atoms with Gasteiger partial charge in [0.2, 0.25) is 0 Å². The fourth-order valence-electron chi connectivity index (χ4n) is 1.85. The molecular weight excluding hydrogens is 210 g/mol. The molecule has 1 aromatic carbocycles. The fourth-order valence-corrected chi connectivity index (χ4v) is 1.85. The van der Waals surface area contributed by atoms with Crippen LogP contribution in [0.25, 0.3) is 0 Å². The molecule has 1 atom stereocenters. The molecule has 0 aliphatic rings. The molecule has 0 amide bonds. The summed E-state index contributed by atoms with van der Waals surface area (Å²) in [5.41, 5.74) is 7.24. The van der Waals surface area contributed by atoms with Crippen LogP contribution in [-0.2, 0) is 6.42 Å². The molecule has 0 radical (unpaired) electrons. The van der Waals surface area contributed by atoms with Gasteiger partial charge >= 0.3 is 0 Å². The lowest BCUT2D eigenvalue weighted by atomic mass is 10.0. The van der Waals surface area contributed by atoms with Crippen LogP contribution in [0.15, 0.2) is 24.3 Å². The summed E-state index contributed by atoms with van der Waals surface area (Å²) in [6, 6.07) is 8.47. The number of rotatable bonds is 7. The highest BCUT2D eigenvalue weighted by molar-refractivity contribution is 5.34. The molecule has 2 heteroatoms. The van der Waals surface area contributed by atoms with Crippen LogP contribution in [0.1, 0.15) is 45.6 Å². The van der Waals surface area contributed by atoms with Gasteiger partial charge in [-0.05, 0) is 37.3 Å². The lowest BCUT2D eigenvalue weighted by Gasteiger charge is -2.19. The van der Waals surface area contributed by atoms with Crippen LogP contribution in [0.5, 0.6) is 5.75 Å². The third kappa shape index (κ3) is 4.39. The van der Waals surface area contributed by atoms with Gasteiger partial charge in [0.15, 0.2) is 0 Å². The summed E-state index contributed by atoms with van der Waals surface area (Å²) in [7, 11) is 0. The number of para-hydroxylation sites is 1. The SMILES string of the molecule is CCC(N)Cc1ccccc1OC(CC)CC. The molecule has 0 saturated carbocycles. The second-order valence-corrected chi connectivity index (χ2v) is 4.54. The van der Waals surface area contributed by atoms with Crippen LogP contribution in [0, 0.1) is 0 Å². The van der Waals surface area contributed by atoms with E-state index < -0.39 is 0 Å². The molecule has 1 rings (SSSR count). The topological polar surface area (TPSA) is 35.2 Å². The average Bonchev–Trinajstić information content (AvgIpc) is 2.37. The Balaban J connectivity index is 2.76. The predicted molar refractivity (Wildman–Crippen MR) is 73.4 cm³/mol. The zero-order chi connectivity index (χ0) is 12.7. The van der Waals surface area contributed by atoms with Crippen molar-refractivity contribution in [2.45, 2.75) is 58.6 Å². The number of nitrogens with two attached hydrogens (primary N) is 1. The van der Waals surface area contributed by atoms with Crippen LogP contribution in [-0.4, -0.2) is 12.1 Å². The zero-order valence-electron chi connectivity index (χ0n) is 11.3. The first-order valence-electron chi connectivity index (χ1n) is 6.71. The van der Waals surface area contributed by atoms with Gasteiger partial charge in [-0.1, -0.05) is 39.0 Å². The third-order valence-electron chi connectivity index (χ3n) is 3.18. The monoisotopic (exact) mass is 235 g/mol. The van der Waals surface area contributed by atoms with Crippen molar-refractivity contribution in [1.29, 1.82) is 0 Å². The second kappa shape index (κ2) is 7.33. The Morgan fingerprint density at radius 2 is 1.71 bits per heavy atom. The average molecular weight is 235 g/mol. The van der Waals surface area contributed by atoms with Crippen LogP contribution in [0.2, 0.25) is 0 Å². The molecule has 17 heavy (non-hydrogen) atoms. The van der Waals surface area contributed by atoms with E-state index in [9.17, 15) is 0 Å². The van der Waals surface area contributed by atoms with Crippen LogP contribution in [0.4, 0.5) is 0 Å². The van der Waals surface area contributed by atoms with Crippen molar-refractivity contribution in [3.8, 4) is 5.75 Å². The highest BCUT2D eigenvalue weighted by Crippen LogP contribution is 2.22. The van der Waals surface area contributed by atoms with Gasteiger partial charge in [-0.3, -0.25) is 0 Å². The van der Waals surface area contributed by atoms with E-state index in [1.165, 1.54) is 5.56 Å². The van der Waals surface area contributed by atoms with Gasteiger partial charge in [-0.15, -0.1) is 0 Å². The number of ether oxygens (including phenoxy) is 1. The Kier molecular flexibility index (Phi) is 6.06. The van der Waals surface area contributed by atoms with Crippen molar-refractivity contribution in [1.82, 2.24) is 0 Å². The molecule has 2 N–H and O–H groups in total. The quantitative estimate of drug-likeness (QED) is 0.784. The van der Waals surface area contributed by atoms with Crippen molar-refractivity contribution in [2.75, 3.05) is 0 Å². The minimum Gasteiger partial charge on any atom is -0.490 e. The van der Waals surface area contributed by atoms with Crippen molar-refractivity contribution in [3.63, 3.8) is 0 Å². The van der Waals surface area contributed by atoms with E-state index >= 15 is 0 Å². The molecule has 0 spiro atoms. The molecule has 2 nitrogen and oxygen atoms in total. The molecule has 1 unspecified atom stereocenters. The second-order valence-electron chi connectivity index (χ2n) is 4.54. The van der Waals surface area contributed by atoms with Crippen molar-refractivity contribution < 1.29 is 4.74 Å². The van der Waals surface area contributed by atoms with Crippen molar-refractivity contribution in [3.05, 3.63) is 29.8 Å². The Bertz CT molecular complexity index is 320. The van der Waals surface area contributed by atoms with Crippen LogP contribution in [0.3, 0.4) is 0 Å². The van der Waals surface area contributed by atoms with Crippen LogP contribution >= 0.6 is 0 Å². The molecule has 0 aliphatic carbocycles. The van der Waals surface area contributed by atoms with E-state index in [4.69, 9.17) is 10.5 Å². The molecule has 0 saturated heterocycles. The van der Waals surface area contributed by atoms with Crippen LogP contribution < -0.4 is 10.5 Å². The highest BCUT2D eigenvalue weighted by Gasteiger charge is 2.10. The number of hydrogen-bond donors (Lipinski definition) is 1. The van der Waals surface area contributed by atoms with Gasteiger partial charge in [-0.25, -0.2) is 0 Å². The van der Waals surface area contributed by atoms with E-state index in [2.05, 4.69) is 39.0 Å². The minimum absolute atomic E-state index is 0.224. The summed E-state index contributed by atoms with van der Waals surface area (Å²) in [4.78, 5) is 0. The van der Waals surface area contributed by atoms with E-state index in [0.717, 1.165) is 31.4 Å². The minimum atomic E-state index is 0.224. The molecule has 0 bridgehead atoms. The summed E-state index contributed by atoms with van der Waals surface area (Å²) >= 11 is 0. The maximum absolute atomic E-state index is 6.03. The van der Waals surface area contributed by atoms with Gasteiger partial charge in [0.05, 0.1) is 6.10 Å². The summed E-state index contributed by atoms with van der Waals surface area (Å²) in [5, 5.41) is 0. The fraction of sp³-hybridized carbons (Fsp3) is 0.600. The number of hydrogen-bond acceptors (Lipinski definition) is 2. The lowest BCUT2D eigenvalue weighted by molar-refractivity contribution is 0.190. The Hall–Kier alpha value is -1.02. The van der Waals surface area contributed by atoms with E-state index in [-0.39, 0.29) is 6.04 Å². The lowest BCUT2D eigenvalue weighted by Crippen LogP contribution is -2.22. The maximum Gasteiger partial charge on any atom is 0.122 e. The van der Waals surface area contributed by atoms with Gasteiger partial charge < -0.3 is 10.5 Å². The third-order valence-corrected chi connectivity index (χ3v) is 3.18. The molecule has 0 aromatic heterocycles. The molecule has 0 fully saturated rings. The van der Waals surface area contributed by atoms with E-state index in [1.54, 1.807) is 0 Å².